The summed E-state index contributed by atoms with van der Waals surface area (Å²) >= 11 is 0. The summed E-state index contributed by atoms with van der Waals surface area (Å²) in [6, 6.07) is 94.1. The van der Waals surface area contributed by atoms with Crippen LogP contribution in [0.15, 0.2) is 255 Å². The number of para-hydroxylation sites is 2. The molecular weight excluding hydrogens is 777 g/mol. The van der Waals surface area contributed by atoms with Gasteiger partial charge in [-0.1, -0.05) is 194 Å². The first-order valence-corrected chi connectivity index (χ1v) is 23.8. The van der Waals surface area contributed by atoms with Gasteiger partial charge in [0, 0.05) is 32.9 Å². The largest absolute Gasteiger partial charge is 0.309 e. The maximum Gasteiger partial charge on any atom is 0.179 e. The molecule has 0 aliphatic heterocycles. The summed E-state index contributed by atoms with van der Waals surface area (Å²) in [4.78, 5) is 0. The van der Waals surface area contributed by atoms with E-state index < -0.39 is 8.07 Å². The molecule has 63 heavy (non-hydrogen) atoms. The molecule has 10 aromatic carbocycles. The second kappa shape index (κ2) is 15.2. The van der Waals surface area contributed by atoms with Crippen molar-refractivity contribution < 1.29 is 0 Å². The number of hydrogen-bond donors (Lipinski definition) is 0. The van der Waals surface area contributed by atoms with E-state index in [0.717, 1.165) is 11.4 Å². The predicted octanol–water partition coefficient (Wildman–Crippen LogP) is 12.6. The Labute approximate surface area is 368 Å². The van der Waals surface area contributed by atoms with Crippen LogP contribution in [-0.4, -0.2) is 17.2 Å². The van der Waals surface area contributed by atoms with Crippen LogP contribution < -0.4 is 20.7 Å². The molecule has 0 unspecified atom stereocenters. The van der Waals surface area contributed by atoms with Gasteiger partial charge in [0.15, 0.2) is 8.07 Å². The van der Waals surface area contributed by atoms with Crippen LogP contribution in [0.5, 0.6) is 0 Å². The summed E-state index contributed by atoms with van der Waals surface area (Å²) in [6.45, 7) is 0. The molecule has 0 amide bonds. The fourth-order valence-corrected chi connectivity index (χ4v) is 15.0. The Kier molecular flexibility index (Phi) is 8.87. The van der Waals surface area contributed by atoms with E-state index >= 15 is 0 Å². The molecule has 0 fully saturated rings. The minimum atomic E-state index is -2.64. The third-order valence-corrected chi connectivity index (χ3v) is 17.9. The third-order valence-electron chi connectivity index (χ3n) is 13.1. The van der Waals surface area contributed by atoms with Crippen LogP contribution in [0.3, 0.4) is 0 Å². The lowest BCUT2D eigenvalue weighted by Gasteiger charge is -2.34. The van der Waals surface area contributed by atoms with Crippen molar-refractivity contribution in [3.63, 3.8) is 0 Å². The molecule has 0 saturated heterocycles. The van der Waals surface area contributed by atoms with Gasteiger partial charge in [0.1, 0.15) is 0 Å². The molecule has 296 valence electrons. The standard InChI is InChI=1S/C60H42N2Si/c1-5-18-43(19-6-1)44-20-17-21-48(40-44)62-58-31-16-14-29-54(58)56-42-46(33-39-60(56)62)45-32-38-59-55(41-45)53-28-13-15-30-57(53)61(59)47-34-36-52(37-35-47)63(49-22-7-2-8-23-49,50-24-9-3-10-25-50)51-26-11-4-12-27-51/h1-42H. The molecule has 0 atom stereocenters. The number of fused-ring (bicyclic) bond motifs is 6. The monoisotopic (exact) mass is 818 g/mol. The van der Waals surface area contributed by atoms with Crippen molar-refractivity contribution >= 4 is 72.4 Å². The Morgan fingerprint density at radius 3 is 1.11 bits per heavy atom. The highest BCUT2D eigenvalue weighted by molar-refractivity contribution is 7.19. The smallest absolute Gasteiger partial charge is 0.179 e. The molecule has 0 spiro atoms. The van der Waals surface area contributed by atoms with Gasteiger partial charge in [0.2, 0.25) is 0 Å². The van der Waals surface area contributed by atoms with Crippen molar-refractivity contribution in [1.82, 2.24) is 9.13 Å². The second-order valence-corrected chi connectivity index (χ2v) is 20.3. The zero-order valence-corrected chi connectivity index (χ0v) is 35.6. The minimum absolute atomic E-state index is 1.15. The lowest BCUT2D eigenvalue weighted by Crippen LogP contribution is -2.74. The van der Waals surface area contributed by atoms with Crippen molar-refractivity contribution in [3.05, 3.63) is 255 Å². The Morgan fingerprint density at radius 1 is 0.222 bits per heavy atom. The van der Waals surface area contributed by atoms with Gasteiger partial charge in [0.05, 0.1) is 22.1 Å². The van der Waals surface area contributed by atoms with E-state index in [1.807, 2.05) is 0 Å². The van der Waals surface area contributed by atoms with Gasteiger partial charge >= 0.3 is 0 Å². The average molecular weight is 819 g/mol. The van der Waals surface area contributed by atoms with Crippen LogP contribution >= 0.6 is 0 Å². The number of rotatable bonds is 8. The van der Waals surface area contributed by atoms with E-state index in [1.54, 1.807) is 0 Å². The molecule has 12 rings (SSSR count). The van der Waals surface area contributed by atoms with Crippen LogP contribution in [0.4, 0.5) is 0 Å². The lowest BCUT2D eigenvalue weighted by molar-refractivity contribution is 1.18. The van der Waals surface area contributed by atoms with Gasteiger partial charge in [-0.2, -0.15) is 0 Å². The van der Waals surface area contributed by atoms with Gasteiger partial charge in [-0.25, -0.2) is 0 Å². The summed E-state index contributed by atoms with van der Waals surface area (Å²) < 4.78 is 4.85. The Bertz CT molecular complexity index is 3490. The van der Waals surface area contributed by atoms with Crippen molar-refractivity contribution in [2.45, 2.75) is 0 Å². The highest BCUT2D eigenvalue weighted by Gasteiger charge is 2.41. The zero-order valence-electron chi connectivity index (χ0n) is 34.6. The molecular formula is C60H42N2Si. The Balaban J connectivity index is 0.979. The SMILES string of the molecule is c1ccc(-c2cccc(-n3c4ccccc4c4cc(-c5ccc6c(c5)c5ccccc5n6-c5ccc([Si](c6ccccc6)(c6ccccc6)c6ccccc6)cc5)ccc43)c2)cc1. The molecule has 0 N–H and O–H groups in total. The third kappa shape index (κ3) is 6.00. The van der Waals surface area contributed by atoms with E-state index in [-0.39, 0.29) is 0 Å². The van der Waals surface area contributed by atoms with Crippen LogP contribution in [0, 0.1) is 0 Å². The molecule has 0 aliphatic rings. The van der Waals surface area contributed by atoms with Gasteiger partial charge in [-0.15, -0.1) is 0 Å². The molecule has 12 aromatic rings. The molecule has 3 heteroatoms. The van der Waals surface area contributed by atoms with Crippen LogP contribution in [0.2, 0.25) is 0 Å². The maximum atomic E-state index is 2.44. The van der Waals surface area contributed by atoms with E-state index in [2.05, 4.69) is 264 Å². The van der Waals surface area contributed by atoms with E-state index in [1.165, 1.54) is 86.6 Å². The van der Waals surface area contributed by atoms with Crippen LogP contribution in [-0.2, 0) is 0 Å². The van der Waals surface area contributed by atoms with Gasteiger partial charge in [-0.3, -0.25) is 0 Å². The average Bonchev–Trinajstić information content (AvgIpc) is 3.88. The fourth-order valence-electron chi connectivity index (χ4n) is 10.2. The number of aromatic nitrogens is 2. The second-order valence-electron chi connectivity index (χ2n) is 16.5. The number of hydrogen-bond acceptors (Lipinski definition) is 0. The van der Waals surface area contributed by atoms with Gasteiger partial charge < -0.3 is 9.13 Å². The topological polar surface area (TPSA) is 9.86 Å². The summed E-state index contributed by atoms with van der Waals surface area (Å²) in [5.74, 6) is 0. The quantitative estimate of drug-likeness (QED) is 0.107. The van der Waals surface area contributed by atoms with E-state index in [4.69, 9.17) is 0 Å². The normalized spacial score (nSPS) is 11.8. The van der Waals surface area contributed by atoms with Gasteiger partial charge in [-0.05, 0) is 104 Å². The van der Waals surface area contributed by atoms with Crippen molar-refractivity contribution in [3.8, 4) is 33.6 Å². The summed E-state index contributed by atoms with van der Waals surface area (Å²) in [7, 11) is -2.64. The number of benzene rings is 10. The minimum Gasteiger partial charge on any atom is -0.309 e. The van der Waals surface area contributed by atoms with E-state index in [0.29, 0.717) is 0 Å². The molecule has 0 bridgehead atoms. The molecule has 2 aromatic heterocycles. The highest BCUT2D eigenvalue weighted by Crippen LogP contribution is 2.38. The van der Waals surface area contributed by atoms with Gasteiger partial charge in [0.25, 0.3) is 0 Å². The lowest BCUT2D eigenvalue weighted by atomic mass is 10.0. The maximum absolute atomic E-state index is 2.64. The number of nitrogens with zero attached hydrogens (tertiary/aromatic N) is 2. The van der Waals surface area contributed by atoms with Crippen molar-refractivity contribution in [1.29, 1.82) is 0 Å². The predicted molar refractivity (Wildman–Crippen MR) is 270 cm³/mol. The van der Waals surface area contributed by atoms with E-state index in [9.17, 15) is 0 Å². The molecule has 0 radical (unpaired) electrons. The van der Waals surface area contributed by atoms with Crippen LogP contribution in [0.1, 0.15) is 0 Å². The molecule has 0 aliphatic carbocycles. The van der Waals surface area contributed by atoms with Crippen LogP contribution in [0.25, 0.3) is 77.2 Å². The summed E-state index contributed by atoms with van der Waals surface area (Å²) in [5.41, 5.74) is 11.9. The van der Waals surface area contributed by atoms with Crippen molar-refractivity contribution in [2.75, 3.05) is 0 Å². The first-order chi connectivity index (χ1) is 31.3. The first-order valence-electron chi connectivity index (χ1n) is 21.8. The molecule has 0 saturated carbocycles. The Hall–Kier alpha value is -7.98. The first kappa shape index (κ1) is 36.8. The molecule has 2 nitrogen and oxygen atoms in total. The summed E-state index contributed by atoms with van der Waals surface area (Å²) in [6.07, 6.45) is 0. The van der Waals surface area contributed by atoms with Crippen molar-refractivity contribution in [2.24, 2.45) is 0 Å². The zero-order chi connectivity index (χ0) is 41.7. The fraction of sp³-hybridized carbons (Fsp3) is 0. The summed E-state index contributed by atoms with van der Waals surface area (Å²) in [5, 5.41) is 10.5. The molecule has 2 heterocycles. The highest BCUT2D eigenvalue weighted by atomic mass is 28.3. The Morgan fingerprint density at radius 2 is 0.603 bits per heavy atom.